The first kappa shape index (κ1) is 19.1. The number of nitrogens with zero attached hydrogens (tertiary/aromatic N) is 4. The minimum atomic E-state index is -4.69. The number of alkyl halides is 3. The lowest BCUT2D eigenvalue weighted by Gasteiger charge is -2.30. The van der Waals surface area contributed by atoms with Crippen LogP contribution in [0, 0.1) is 0 Å². The first-order valence-electron chi connectivity index (χ1n) is 8.15. The smallest absolute Gasteiger partial charge is 0.329 e. The molecule has 146 valence electrons. The third-order valence-electron chi connectivity index (χ3n) is 3.86. The largest absolute Gasteiger partial charge is 0.471 e. The standard InChI is InChI=1S/C16H17F3N4O4/c1-25-23(15(24)22-8-2-3-9-26-22)10-11-4-6-12(7-5-11)13-20-14(27-21-13)16(17,18)19/h4-7H,2-3,8-10H2,1H3. The fraction of sp³-hybridized carbons (Fsp3) is 0.438. The van der Waals surface area contributed by atoms with E-state index in [-0.39, 0.29) is 12.4 Å². The van der Waals surface area contributed by atoms with Gasteiger partial charge < -0.3 is 4.52 Å². The van der Waals surface area contributed by atoms with Crippen molar-refractivity contribution in [3.8, 4) is 11.4 Å². The number of hydrogen-bond acceptors (Lipinski definition) is 6. The number of benzene rings is 1. The molecule has 0 radical (unpaired) electrons. The van der Waals surface area contributed by atoms with Crippen LogP contribution in [0.5, 0.6) is 0 Å². The Morgan fingerprint density at radius 1 is 1.30 bits per heavy atom. The fourth-order valence-electron chi connectivity index (χ4n) is 2.46. The molecule has 1 saturated heterocycles. The van der Waals surface area contributed by atoms with Gasteiger partial charge in [-0.2, -0.15) is 23.2 Å². The van der Waals surface area contributed by atoms with Crippen molar-refractivity contribution in [2.75, 3.05) is 20.3 Å². The summed E-state index contributed by atoms with van der Waals surface area (Å²) >= 11 is 0. The van der Waals surface area contributed by atoms with Crippen molar-refractivity contribution in [1.29, 1.82) is 0 Å². The van der Waals surface area contributed by atoms with E-state index >= 15 is 0 Å². The molecule has 3 rings (SSSR count). The summed E-state index contributed by atoms with van der Waals surface area (Å²) in [5.41, 5.74) is 1.05. The molecule has 11 heteroatoms. The average molecular weight is 386 g/mol. The van der Waals surface area contributed by atoms with Crippen LogP contribution < -0.4 is 0 Å². The van der Waals surface area contributed by atoms with Crippen molar-refractivity contribution >= 4 is 6.03 Å². The number of hydroxylamine groups is 4. The zero-order valence-electron chi connectivity index (χ0n) is 14.4. The van der Waals surface area contributed by atoms with E-state index in [1.807, 2.05) is 0 Å². The van der Waals surface area contributed by atoms with Crippen molar-refractivity contribution < 1.29 is 32.2 Å². The molecule has 2 heterocycles. The van der Waals surface area contributed by atoms with E-state index in [2.05, 4.69) is 14.7 Å². The highest BCUT2D eigenvalue weighted by Gasteiger charge is 2.38. The molecule has 1 aromatic carbocycles. The molecule has 0 unspecified atom stereocenters. The predicted octanol–water partition coefficient (Wildman–Crippen LogP) is 3.27. The van der Waals surface area contributed by atoms with E-state index in [0.717, 1.165) is 17.9 Å². The molecule has 1 fully saturated rings. The van der Waals surface area contributed by atoms with Crippen molar-refractivity contribution in [3.05, 3.63) is 35.7 Å². The quantitative estimate of drug-likeness (QED) is 0.751. The maximum atomic E-state index is 12.5. The Hall–Kier alpha value is -2.66. The van der Waals surface area contributed by atoms with E-state index in [4.69, 9.17) is 9.68 Å². The average Bonchev–Trinajstić information content (AvgIpc) is 3.17. The number of carbonyl (C=O) groups is 1. The SMILES string of the molecule is CON(Cc1ccc(-c2noc(C(F)(F)F)n2)cc1)C(=O)N1CCCCO1. The normalized spacial score (nSPS) is 15.0. The van der Waals surface area contributed by atoms with Crippen LogP contribution in [-0.4, -0.2) is 46.6 Å². The van der Waals surface area contributed by atoms with Crippen molar-refractivity contribution in [1.82, 2.24) is 20.3 Å². The number of rotatable bonds is 4. The molecule has 2 aromatic rings. The maximum absolute atomic E-state index is 12.5. The summed E-state index contributed by atoms with van der Waals surface area (Å²) in [6.07, 6.45) is -2.95. The zero-order chi connectivity index (χ0) is 19.4. The molecule has 1 aliphatic rings. The second-order valence-electron chi connectivity index (χ2n) is 5.76. The molecular formula is C16H17F3N4O4. The van der Waals surface area contributed by atoms with Gasteiger partial charge in [0.15, 0.2) is 0 Å². The summed E-state index contributed by atoms with van der Waals surface area (Å²) in [6.45, 7) is 1.09. The Kier molecular flexibility index (Phi) is 5.61. The monoisotopic (exact) mass is 386 g/mol. The summed E-state index contributed by atoms with van der Waals surface area (Å²) in [5, 5.41) is 5.72. The molecule has 0 bridgehead atoms. The highest BCUT2D eigenvalue weighted by Crippen LogP contribution is 2.29. The lowest BCUT2D eigenvalue weighted by molar-refractivity contribution is -0.184. The van der Waals surface area contributed by atoms with Crippen LogP contribution in [0.15, 0.2) is 28.8 Å². The van der Waals surface area contributed by atoms with E-state index in [1.54, 1.807) is 12.1 Å². The molecule has 8 nitrogen and oxygen atoms in total. The zero-order valence-corrected chi connectivity index (χ0v) is 14.4. The third-order valence-corrected chi connectivity index (χ3v) is 3.86. The number of carbonyl (C=O) groups excluding carboxylic acids is 1. The van der Waals surface area contributed by atoms with Gasteiger partial charge in [-0.25, -0.2) is 9.86 Å². The van der Waals surface area contributed by atoms with Crippen molar-refractivity contribution in [3.63, 3.8) is 0 Å². The Morgan fingerprint density at radius 2 is 2.04 bits per heavy atom. The predicted molar refractivity (Wildman–Crippen MR) is 84.6 cm³/mol. The molecule has 1 aliphatic heterocycles. The Morgan fingerprint density at radius 3 is 2.59 bits per heavy atom. The van der Waals surface area contributed by atoms with E-state index in [9.17, 15) is 18.0 Å². The number of hydrogen-bond donors (Lipinski definition) is 0. The van der Waals surface area contributed by atoms with Crippen molar-refractivity contribution in [2.45, 2.75) is 25.6 Å². The van der Waals surface area contributed by atoms with E-state index in [1.165, 1.54) is 24.3 Å². The van der Waals surface area contributed by atoms with Gasteiger partial charge in [0, 0.05) is 5.56 Å². The second kappa shape index (κ2) is 7.92. The molecule has 27 heavy (non-hydrogen) atoms. The van der Waals surface area contributed by atoms with Gasteiger partial charge in [0.25, 0.3) is 0 Å². The molecule has 0 N–H and O–H groups in total. The summed E-state index contributed by atoms with van der Waals surface area (Å²) in [6, 6.07) is 5.92. The lowest BCUT2D eigenvalue weighted by Crippen LogP contribution is -2.44. The number of halogens is 3. The fourth-order valence-corrected chi connectivity index (χ4v) is 2.46. The molecule has 2 amide bonds. The lowest BCUT2D eigenvalue weighted by atomic mass is 10.1. The van der Waals surface area contributed by atoms with Crippen LogP contribution in [0.1, 0.15) is 24.3 Å². The molecule has 0 spiro atoms. The summed E-state index contributed by atoms with van der Waals surface area (Å²) in [4.78, 5) is 26.1. The first-order valence-corrected chi connectivity index (χ1v) is 8.15. The topological polar surface area (TPSA) is 80.9 Å². The number of amides is 2. The molecule has 0 saturated carbocycles. The minimum Gasteiger partial charge on any atom is -0.329 e. The van der Waals surface area contributed by atoms with Gasteiger partial charge >= 0.3 is 18.1 Å². The summed E-state index contributed by atoms with van der Waals surface area (Å²) in [7, 11) is 1.37. The van der Waals surface area contributed by atoms with Crippen LogP contribution in [0.25, 0.3) is 11.4 Å². The van der Waals surface area contributed by atoms with Crippen molar-refractivity contribution in [2.24, 2.45) is 0 Å². The van der Waals surface area contributed by atoms with Gasteiger partial charge in [0.2, 0.25) is 5.82 Å². The first-order chi connectivity index (χ1) is 12.9. The van der Waals surface area contributed by atoms with Crippen LogP contribution in [0.3, 0.4) is 0 Å². The molecule has 0 aliphatic carbocycles. The second-order valence-corrected chi connectivity index (χ2v) is 5.76. The number of urea groups is 1. The van der Waals surface area contributed by atoms with Crippen LogP contribution >= 0.6 is 0 Å². The van der Waals surface area contributed by atoms with Gasteiger partial charge in [-0.05, 0) is 18.4 Å². The van der Waals surface area contributed by atoms with Crippen LogP contribution in [0.2, 0.25) is 0 Å². The van der Waals surface area contributed by atoms with Gasteiger partial charge in [-0.1, -0.05) is 29.4 Å². The Labute approximate surface area is 152 Å². The van der Waals surface area contributed by atoms with Crippen LogP contribution in [0.4, 0.5) is 18.0 Å². The maximum Gasteiger partial charge on any atom is 0.471 e. The van der Waals surface area contributed by atoms with E-state index in [0.29, 0.717) is 24.3 Å². The third kappa shape index (κ3) is 4.55. The van der Waals surface area contributed by atoms with Crippen LogP contribution in [-0.2, 0) is 22.4 Å². The summed E-state index contributed by atoms with van der Waals surface area (Å²) < 4.78 is 41.8. The van der Waals surface area contributed by atoms with Gasteiger partial charge in [0.1, 0.15) is 0 Å². The highest BCUT2D eigenvalue weighted by molar-refractivity contribution is 5.72. The minimum absolute atomic E-state index is 0.134. The van der Waals surface area contributed by atoms with Gasteiger partial charge in [-0.15, -0.1) is 0 Å². The Balaban J connectivity index is 1.67. The molecule has 0 atom stereocenters. The molecular weight excluding hydrogens is 369 g/mol. The summed E-state index contributed by atoms with van der Waals surface area (Å²) in [5.74, 6) is -1.57. The van der Waals surface area contributed by atoms with Gasteiger partial charge in [0.05, 0.1) is 26.8 Å². The molecule has 1 aromatic heterocycles. The van der Waals surface area contributed by atoms with Gasteiger partial charge in [-0.3, -0.25) is 9.68 Å². The Bertz CT molecular complexity index is 773. The highest BCUT2D eigenvalue weighted by atomic mass is 19.4. The van der Waals surface area contributed by atoms with E-state index < -0.39 is 18.1 Å². The number of aromatic nitrogens is 2.